The van der Waals surface area contributed by atoms with Gasteiger partial charge in [-0.15, -0.1) is 5.73 Å². The van der Waals surface area contributed by atoms with Gasteiger partial charge in [-0.1, -0.05) is 27.7 Å². The van der Waals surface area contributed by atoms with Gasteiger partial charge in [0.05, 0.1) is 6.08 Å². The van der Waals surface area contributed by atoms with E-state index < -0.39 is 5.60 Å². The zero-order valence-corrected chi connectivity index (χ0v) is 11.5. The molecule has 2 nitrogen and oxygen atoms in total. The quantitative estimate of drug-likeness (QED) is 0.406. The topological polar surface area (TPSA) is 26.3 Å². The molecule has 0 N–H and O–H groups in total. The molecule has 0 saturated carbocycles. The third-order valence-corrected chi connectivity index (χ3v) is 2.32. The van der Waals surface area contributed by atoms with E-state index in [0.717, 1.165) is 0 Å². The summed E-state index contributed by atoms with van der Waals surface area (Å²) in [6, 6.07) is 0. The van der Waals surface area contributed by atoms with E-state index in [1.807, 2.05) is 26.8 Å². The molecule has 0 aromatic rings. The van der Waals surface area contributed by atoms with Gasteiger partial charge in [-0.3, -0.25) is 0 Å². The lowest BCUT2D eigenvalue weighted by Gasteiger charge is -2.23. The lowest BCUT2D eigenvalue weighted by atomic mass is 9.82. The highest BCUT2D eigenvalue weighted by atomic mass is 16.6. The van der Waals surface area contributed by atoms with Crippen molar-refractivity contribution in [1.82, 2.24) is 0 Å². The first-order valence-corrected chi connectivity index (χ1v) is 5.68. The molecule has 1 unspecified atom stereocenters. The number of hydrogen-bond acceptors (Lipinski definition) is 2. The van der Waals surface area contributed by atoms with Crippen molar-refractivity contribution in [3.8, 4) is 0 Å². The molecule has 16 heavy (non-hydrogen) atoms. The van der Waals surface area contributed by atoms with Gasteiger partial charge in [0, 0.05) is 0 Å². The Hall–Kier alpha value is -1.01. The summed E-state index contributed by atoms with van der Waals surface area (Å²) >= 11 is 0. The van der Waals surface area contributed by atoms with Crippen LogP contribution in [-0.2, 0) is 9.53 Å². The van der Waals surface area contributed by atoms with E-state index in [0.29, 0.717) is 5.92 Å². The molecule has 0 spiro atoms. The molecule has 0 aromatic heterocycles. The summed E-state index contributed by atoms with van der Waals surface area (Å²) in [5.74, 6) is 0.0241. The lowest BCUT2D eigenvalue weighted by molar-refractivity contribution is -0.148. The third-order valence-electron chi connectivity index (χ3n) is 2.32. The van der Waals surface area contributed by atoms with Crippen LogP contribution in [0.5, 0.6) is 0 Å². The van der Waals surface area contributed by atoms with Crippen molar-refractivity contribution >= 4 is 5.97 Å². The smallest absolute Gasteiger partial charge is 0.339 e. The van der Waals surface area contributed by atoms with Gasteiger partial charge < -0.3 is 4.74 Å². The maximum Gasteiger partial charge on any atom is 0.339 e. The van der Waals surface area contributed by atoms with Crippen LogP contribution in [-0.4, -0.2) is 11.6 Å². The predicted molar refractivity (Wildman–Crippen MR) is 67.1 cm³/mol. The summed E-state index contributed by atoms with van der Waals surface area (Å²) in [5.41, 5.74) is 2.64. The normalized spacial score (nSPS) is 13.7. The number of carbonyl (C=O) groups excluding carboxylic acids is 1. The fraction of sp³-hybridized carbons (Fsp3) is 0.714. The molecule has 0 aliphatic rings. The molecule has 0 rings (SSSR count). The average Bonchev–Trinajstić information content (AvgIpc) is 1.98. The highest BCUT2D eigenvalue weighted by Crippen LogP contribution is 2.25. The minimum absolute atomic E-state index is 0.189. The molecule has 0 saturated heterocycles. The van der Waals surface area contributed by atoms with Crippen molar-refractivity contribution in [1.29, 1.82) is 0 Å². The minimum atomic E-state index is -0.440. The number of carbonyl (C=O) groups is 1. The summed E-state index contributed by atoms with van der Waals surface area (Å²) in [7, 11) is 0. The molecule has 0 amide bonds. The third kappa shape index (κ3) is 7.30. The zero-order chi connectivity index (χ0) is 13.0. The number of rotatable bonds is 2. The Morgan fingerprint density at radius 1 is 1.19 bits per heavy atom. The van der Waals surface area contributed by atoms with Crippen LogP contribution >= 0.6 is 0 Å². The van der Waals surface area contributed by atoms with Crippen LogP contribution < -0.4 is 0 Å². The van der Waals surface area contributed by atoms with Crippen molar-refractivity contribution in [3.05, 3.63) is 17.9 Å². The monoisotopic (exact) mass is 224 g/mol. The molecule has 0 aliphatic heterocycles. The Morgan fingerprint density at radius 3 is 2.06 bits per heavy atom. The van der Waals surface area contributed by atoms with E-state index in [4.69, 9.17) is 4.74 Å². The summed E-state index contributed by atoms with van der Waals surface area (Å²) in [4.78, 5) is 11.3. The second-order valence-corrected chi connectivity index (χ2v) is 6.17. The predicted octanol–water partition coefficient (Wildman–Crippen LogP) is 3.72. The molecule has 0 heterocycles. The first-order chi connectivity index (χ1) is 7.02. The molecule has 2 heteroatoms. The van der Waals surface area contributed by atoms with Crippen LogP contribution in [0.3, 0.4) is 0 Å². The van der Waals surface area contributed by atoms with Crippen LogP contribution in [0.1, 0.15) is 48.5 Å². The van der Waals surface area contributed by atoms with Crippen LogP contribution in [0.15, 0.2) is 17.9 Å². The summed E-state index contributed by atoms with van der Waals surface area (Å²) < 4.78 is 5.13. The number of hydrogen-bond donors (Lipinski definition) is 0. The SMILES string of the molecule is CC(C=C=CC(=O)OC(C)(C)C)C(C)(C)C. The molecular formula is C14H24O2. The fourth-order valence-corrected chi connectivity index (χ4v) is 0.842. The Labute approximate surface area is 99.4 Å². The van der Waals surface area contributed by atoms with Crippen molar-refractivity contribution < 1.29 is 9.53 Å². The van der Waals surface area contributed by atoms with Gasteiger partial charge >= 0.3 is 5.97 Å². The second-order valence-electron chi connectivity index (χ2n) is 6.17. The largest absolute Gasteiger partial charge is 0.456 e. The average molecular weight is 224 g/mol. The van der Waals surface area contributed by atoms with Gasteiger partial charge in [0.25, 0.3) is 0 Å². The van der Waals surface area contributed by atoms with Crippen molar-refractivity contribution in [2.24, 2.45) is 11.3 Å². The number of ether oxygens (including phenoxy) is 1. The molecule has 0 aliphatic carbocycles. The first-order valence-electron chi connectivity index (χ1n) is 5.68. The fourth-order valence-electron chi connectivity index (χ4n) is 0.842. The van der Waals surface area contributed by atoms with E-state index in [1.54, 1.807) is 0 Å². The van der Waals surface area contributed by atoms with Gasteiger partial charge in [-0.05, 0) is 38.2 Å². The Balaban J connectivity index is 4.40. The number of esters is 1. The summed E-state index contributed by atoms with van der Waals surface area (Å²) in [6.45, 7) is 14.1. The minimum Gasteiger partial charge on any atom is -0.456 e. The second kappa shape index (κ2) is 5.36. The van der Waals surface area contributed by atoms with Crippen LogP contribution in [0.2, 0.25) is 0 Å². The molecule has 0 bridgehead atoms. The van der Waals surface area contributed by atoms with Gasteiger partial charge in [0.15, 0.2) is 0 Å². The van der Waals surface area contributed by atoms with E-state index in [-0.39, 0.29) is 11.4 Å². The van der Waals surface area contributed by atoms with E-state index in [2.05, 4.69) is 33.4 Å². The standard InChI is InChI=1S/C14H24O2/c1-11(13(2,3)4)9-8-10-12(15)16-14(5,6)7/h9-11H,1-7H3. The molecule has 0 fully saturated rings. The molecule has 92 valence electrons. The summed E-state index contributed by atoms with van der Waals surface area (Å²) in [5, 5.41) is 0. The van der Waals surface area contributed by atoms with Gasteiger partial charge in [0.2, 0.25) is 0 Å². The Kier molecular flexibility index (Phi) is 5.02. The summed E-state index contributed by atoms with van der Waals surface area (Å²) in [6.07, 6.45) is 3.26. The van der Waals surface area contributed by atoms with E-state index in [9.17, 15) is 4.79 Å². The highest BCUT2D eigenvalue weighted by molar-refractivity contribution is 5.82. The first kappa shape index (κ1) is 15.0. The molecule has 1 atom stereocenters. The van der Waals surface area contributed by atoms with Crippen LogP contribution in [0.25, 0.3) is 0 Å². The molecule has 0 radical (unpaired) electrons. The van der Waals surface area contributed by atoms with Gasteiger partial charge in [-0.2, -0.15) is 0 Å². The van der Waals surface area contributed by atoms with Crippen LogP contribution in [0.4, 0.5) is 0 Å². The zero-order valence-electron chi connectivity index (χ0n) is 11.5. The van der Waals surface area contributed by atoms with Crippen molar-refractivity contribution in [2.75, 3.05) is 0 Å². The maximum absolute atomic E-state index is 11.3. The Morgan fingerprint density at radius 2 is 1.69 bits per heavy atom. The van der Waals surface area contributed by atoms with E-state index >= 15 is 0 Å². The maximum atomic E-state index is 11.3. The molecular weight excluding hydrogens is 200 g/mol. The lowest BCUT2D eigenvalue weighted by Crippen LogP contribution is -2.22. The van der Waals surface area contributed by atoms with Crippen LogP contribution in [0, 0.1) is 11.3 Å². The van der Waals surface area contributed by atoms with Crippen molar-refractivity contribution in [3.63, 3.8) is 0 Å². The highest BCUT2D eigenvalue weighted by Gasteiger charge is 2.17. The van der Waals surface area contributed by atoms with Gasteiger partial charge in [-0.25, -0.2) is 4.79 Å². The van der Waals surface area contributed by atoms with E-state index in [1.165, 1.54) is 6.08 Å². The van der Waals surface area contributed by atoms with Gasteiger partial charge in [0.1, 0.15) is 5.60 Å². The molecule has 0 aromatic carbocycles. The Bertz CT molecular complexity index is 294. The van der Waals surface area contributed by atoms with Crippen molar-refractivity contribution in [2.45, 2.75) is 54.1 Å².